The van der Waals surface area contributed by atoms with Crippen molar-refractivity contribution in [2.75, 3.05) is 0 Å². The number of carboxylic acid groups (broad SMARTS) is 1. The molecule has 0 aliphatic rings. The minimum atomic E-state index is -1.01. The molecule has 0 radical (unpaired) electrons. The summed E-state index contributed by atoms with van der Waals surface area (Å²) in [6, 6.07) is 5.77. The Morgan fingerprint density at radius 3 is 2.86 bits per heavy atom. The van der Waals surface area contributed by atoms with Crippen molar-refractivity contribution in [1.29, 1.82) is 0 Å². The van der Waals surface area contributed by atoms with Crippen LogP contribution in [0.2, 0.25) is 5.02 Å². The maximum Gasteiger partial charge on any atom is 0.355 e. The number of hydrogen-bond donors (Lipinski definition) is 1. The molecule has 0 fully saturated rings. The van der Waals surface area contributed by atoms with E-state index in [1.165, 1.54) is 11.3 Å². The van der Waals surface area contributed by atoms with Crippen molar-refractivity contribution in [2.45, 2.75) is 20.4 Å². The zero-order valence-corrected chi connectivity index (χ0v) is 13.8. The molecule has 6 heteroatoms. The molecule has 0 saturated heterocycles. The monoisotopic (exact) mass is 334 g/mol. The van der Waals surface area contributed by atoms with Crippen LogP contribution in [-0.2, 0) is 6.54 Å². The van der Waals surface area contributed by atoms with Crippen molar-refractivity contribution in [2.24, 2.45) is 5.92 Å². The molecule has 2 heterocycles. The predicted molar refractivity (Wildman–Crippen MR) is 89.9 cm³/mol. The van der Waals surface area contributed by atoms with Gasteiger partial charge in [-0.05, 0) is 24.1 Å². The second-order valence-corrected chi connectivity index (χ2v) is 6.89. The average molecular weight is 335 g/mol. The van der Waals surface area contributed by atoms with E-state index in [4.69, 9.17) is 16.7 Å². The highest BCUT2D eigenvalue weighted by molar-refractivity contribution is 7.13. The molecular formula is C16H15ClN2O2S. The van der Waals surface area contributed by atoms with Crippen molar-refractivity contribution in [3.63, 3.8) is 0 Å². The number of fused-ring (bicyclic) bond motifs is 1. The van der Waals surface area contributed by atoms with Crippen LogP contribution in [0.5, 0.6) is 0 Å². The molecular weight excluding hydrogens is 320 g/mol. The normalized spacial score (nSPS) is 11.5. The van der Waals surface area contributed by atoms with Crippen LogP contribution in [0, 0.1) is 5.92 Å². The molecule has 1 aromatic carbocycles. The fourth-order valence-electron chi connectivity index (χ4n) is 2.48. The first kappa shape index (κ1) is 15.1. The van der Waals surface area contributed by atoms with Crippen molar-refractivity contribution in [3.05, 3.63) is 40.5 Å². The molecule has 0 spiro atoms. The quantitative estimate of drug-likeness (QED) is 0.747. The number of rotatable bonds is 4. The molecule has 114 valence electrons. The van der Waals surface area contributed by atoms with E-state index in [0.29, 0.717) is 15.9 Å². The third kappa shape index (κ3) is 2.74. The summed E-state index contributed by atoms with van der Waals surface area (Å²) >= 11 is 7.46. The molecule has 0 aliphatic carbocycles. The van der Waals surface area contributed by atoms with E-state index in [9.17, 15) is 4.79 Å². The van der Waals surface area contributed by atoms with Crippen molar-refractivity contribution >= 4 is 39.8 Å². The smallest absolute Gasteiger partial charge is 0.355 e. The standard InChI is InChI=1S/C16H15ClN2O2S/c1-9(2)6-19-7-12(11-5-10(17)3-4-14(11)19)15-18-13(8-22-15)16(20)21/h3-5,7-9H,6H2,1-2H3,(H,20,21). The van der Waals surface area contributed by atoms with E-state index in [0.717, 1.165) is 23.0 Å². The molecule has 2 aromatic heterocycles. The summed E-state index contributed by atoms with van der Waals surface area (Å²) < 4.78 is 2.17. The van der Waals surface area contributed by atoms with Crippen LogP contribution < -0.4 is 0 Å². The summed E-state index contributed by atoms with van der Waals surface area (Å²) in [6.45, 7) is 5.20. The molecule has 0 atom stereocenters. The number of carbonyl (C=O) groups is 1. The van der Waals surface area contributed by atoms with Gasteiger partial charge in [0.1, 0.15) is 5.01 Å². The minimum Gasteiger partial charge on any atom is -0.476 e. The number of benzene rings is 1. The molecule has 1 N–H and O–H groups in total. The molecule has 22 heavy (non-hydrogen) atoms. The topological polar surface area (TPSA) is 55.1 Å². The van der Waals surface area contributed by atoms with Crippen molar-refractivity contribution in [3.8, 4) is 10.6 Å². The summed E-state index contributed by atoms with van der Waals surface area (Å²) in [5.41, 5.74) is 2.09. The van der Waals surface area contributed by atoms with Gasteiger partial charge >= 0.3 is 5.97 Å². The van der Waals surface area contributed by atoms with Crippen LogP contribution in [0.15, 0.2) is 29.8 Å². The van der Waals surface area contributed by atoms with Crippen molar-refractivity contribution in [1.82, 2.24) is 9.55 Å². The fraction of sp³-hybridized carbons (Fsp3) is 0.250. The van der Waals surface area contributed by atoms with Gasteiger partial charge in [-0.3, -0.25) is 0 Å². The van der Waals surface area contributed by atoms with Gasteiger partial charge in [-0.25, -0.2) is 9.78 Å². The third-order valence-corrected chi connectivity index (χ3v) is 4.47. The Balaban J connectivity index is 2.19. The lowest BCUT2D eigenvalue weighted by Crippen LogP contribution is -2.02. The Labute approximate surface area is 137 Å². The maximum absolute atomic E-state index is 11.0. The first-order chi connectivity index (χ1) is 10.5. The van der Waals surface area contributed by atoms with Crippen LogP contribution in [0.1, 0.15) is 24.3 Å². The first-order valence-corrected chi connectivity index (χ1v) is 8.19. The van der Waals surface area contributed by atoms with Crippen molar-refractivity contribution < 1.29 is 9.90 Å². The van der Waals surface area contributed by atoms with Crippen LogP contribution in [0.25, 0.3) is 21.5 Å². The SMILES string of the molecule is CC(C)Cn1cc(-c2nc(C(=O)O)cs2)c2cc(Cl)ccc21. The fourth-order valence-corrected chi connectivity index (χ4v) is 3.47. The van der Waals surface area contributed by atoms with E-state index in [-0.39, 0.29) is 5.69 Å². The number of aromatic carboxylic acids is 1. The van der Waals surface area contributed by atoms with E-state index >= 15 is 0 Å². The van der Waals surface area contributed by atoms with Gasteiger partial charge in [0, 0.05) is 39.6 Å². The highest BCUT2D eigenvalue weighted by Crippen LogP contribution is 2.34. The second kappa shape index (κ2) is 5.74. The Bertz CT molecular complexity index is 851. The van der Waals surface area contributed by atoms with E-state index in [2.05, 4.69) is 23.4 Å². The van der Waals surface area contributed by atoms with E-state index in [1.807, 2.05) is 24.4 Å². The first-order valence-electron chi connectivity index (χ1n) is 6.93. The third-order valence-electron chi connectivity index (χ3n) is 3.36. The summed E-state index contributed by atoms with van der Waals surface area (Å²) in [5, 5.41) is 13.0. The van der Waals surface area contributed by atoms with Crippen LogP contribution in [0.3, 0.4) is 0 Å². The molecule has 0 saturated carbocycles. The number of thiazole rings is 1. The average Bonchev–Trinajstić information content (AvgIpc) is 3.03. The minimum absolute atomic E-state index is 0.0757. The molecule has 0 amide bonds. The Kier molecular flexibility index (Phi) is 3.93. The van der Waals surface area contributed by atoms with Gasteiger partial charge in [0.2, 0.25) is 0 Å². The van der Waals surface area contributed by atoms with Gasteiger partial charge in [-0.1, -0.05) is 25.4 Å². The highest BCUT2D eigenvalue weighted by atomic mass is 35.5. The molecule has 0 bridgehead atoms. The summed E-state index contributed by atoms with van der Waals surface area (Å²) in [7, 11) is 0. The second-order valence-electron chi connectivity index (χ2n) is 5.59. The zero-order valence-electron chi connectivity index (χ0n) is 12.2. The lowest BCUT2D eigenvalue weighted by molar-refractivity contribution is 0.0691. The van der Waals surface area contributed by atoms with E-state index in [1.54, 1.807) is 5.38 Å². The highest BCUT2D eigenvalue weighted by Gasteiger charge is 2.16. The number of nitrogens with zero attached hydrogens (tertiary/aromatic N) is 2. The lowest BCUT2D eigenvalue weighted by atomic mass is 10.2. The maximum atomic E-state index is 11.0. The number of halogens is 1. The Hall–Kier alpha value is -1.85. The predicted octanol–water partition coefficient (Wildman–Crippen LogP) is 4.77. The largest absolute Gasteiger partial charge is 0.476 e. The Morgan fingerprint density at radius 1 is 1.45 bits per heavy atom. The van der Waals surface area contributed by atoms with E-state index < -0.39 is 5.97 Å². The van der Waals surface area contributed by atoms with Gasteiger partial charge in [-0.15, -0.1) is 11.3 Å². The van der Waals surface area contributed by atoms with Crippen LogP contribution in [0.4, 0.5) is 0 Å². The van der Waals surface area contributed by atoms with Gasteiger partial charge in [0.05, 0.1) is 0 Å². The number of carboxylic acids is 1. The summed E-state index contributed by atoms with van der Waals surface area (Å²) in [4.78, 5) is 15.2. The van der Waals surface area contributed by atoms with Crippen LogP contribution in [-0.4, -0.2) is 20.6 Å². The molecule has 3 rings (SSSR count). The molecule has 0 unspecified atom stereocenters. The zero-order chi connectivity index (χ0) is 15.9. The lowest BCUT2D eigenvalue weighted by Gasteiger charge is -2.07. The van der Waals surface area contributed by atoms with Crippen LogP contribution >= 0.6 is 22.9 Å². The van der Waals surface area contributed by atoms with Gasteiger partial charge in [0.25, 0.3) is 0 Å². The number of hydrogen-bond acceptors (Lipinski definition) is 3. The van der Waals surface area contributed by atoms with Gasteiger partial charge in [0.15, 0.2) is 5.69 Å². The molecule has 0 aliphatic heterocycles. The number of aromatic nitrogens is 2. The summed E-state index contributed by atoms with van der Waals surface area (Å²) in [6.07, 6.45) is 2.03. The molecule has 3 aromatic rings. The van der Waals surface area contributed by atoms with Gasteiger partial charge in [-0.2, -0.15) is 0 Å². The van der Waals surface area contributed by atoms with Gasteiger partial charge < -0.3 is 9.67 Å². The molecule has 4 nitrogen and oxygen atoms in total. The Morgan fingerprint density at radius 2 is 2.23 bits per heavy atom. The summed E-state index contributed by atoms with van der Waals surface area (Å²) in [5.74, 6) is -0.503.